The van der Waals surface area contributed by atoms with E-state index in [1.165, 1.54) is 5.57 Å². The van der Waals surface area contributed by atoms with Gasteiger partial charge in [0, 0.05) is 55.7 Å². The Morgan fingerprint density at radius 1 is 1.11 bits per heavy atom. The summed E-state index contributed by atoms with van der Waals surface area (Å²) in [6.07, 6.45) is 5.99. The number of amides is 2. The number of benzene rings is 2. The molecule has 1 saturated heterocycles. The zero-order chi connectivity index (χ0) is 31.4. The maximum atomic E-state index is 13.6. The van der Waals surface area contributed by atoms with E-state index in [1.807, 2.05) is 50.1 Å². The van der Waals surface area contributed by atoms with Gasteiger partial charge in [0.05, 0.1) is 18.2 Å². The summed E-state index contributed by atoms with van der Waals surface area (Å²) in [6.45, 7) is 11.2. The number of hydrogen-bond donors (Lipinski definition) is 2. The van der Waals surface area contributed by atoms with Gasteiger partial charge >= 0.3 is 0 Å². The Kier molecular flexibility index (Phi) is 9.39. The second-order valence-corrected chi connectivity index (χ2v) is 11.5. The molecular formula is C34H42N8O2. The van der Waals surface area contributed by atoms with Crippen LogP contribution in [0.15, 0.2) is 67.0 Å². The molecule has 1 unspecified atom stereocenters. The Balaban J connectivity index is 1.15. The molecule has 3 N–H and O–H groups in total. The SMILES string of the molecule is C=C(CC)C(=N)c1cc(N(CC)C(=O)C2CCN(CC(=O)N3CC=C(c4ccc(-c5ncn(C)n5)cc4)CC3)C2)ccc1N. The molecule has 2 aliphatic heterocycles. The Morgan fingerprint density at radius 3 is 2.50 bits per heavy atom. The fraction of sp³-hybridized carbons (Fsp3) is 0.382. The maximum absolute atomic E-state index is 13.6. The highest BCUT2D eigenvalue weighted by Gasteiger charge is 2.33. The van der Waals surface area contributed by atoms with E-state index in [9.17, 15) is 9.59 Å². The number of likely N-dealkylation sites (tertiary alicyclic amines) is 1. The van der Waals surface area contributed by atoms with Gasteiger partial charge in [-0.25, -0.2) is 4.98 Å². The average molecular weight is 595 g/mol. The van der Waals surface area contributed by atoms with E-state index in [2.05, 4.69) is 39.8 Å². The first-order valence-corrected chi connectivity index (χ1v) is 15.3. The quantitative estimate of drug-likeness (QED) is 0.265. The van der Waals surface area contributed by atoms with Crippen LogP contribution in [0.2, 0.25) is 0 Å². The molecule has 230 valence electrons. The van der Waals surface area contributed by atoms with Crippen LogP contribution in [-0.4, -0.2) is 81.4 Å². The lowest BCUT2D eigenvalue weighted by Crippen LogP contribution is -2.42. The van der Waals surface area contributed by atoms with Crippen molar-refractivity contribution in [2.45, 2.75) is 33.1 Å². The Labute approximate surface area is 259 Å². The van der Waals surface area contributed by atoms with Gasteiger partial charge in [-0.15, -0.1) is 0 Å². The van der Waals surface area contributed by atoms with Crippen molar-refractivity contribution in [2.75, 3.05) is 49.9 Å². The number of aryl methyl sites for hydroxylation is 1. The topological polar surface area (TPSA) is 124 Å². The van der Waals surface area contributed by atoms with Crippen molar-refractivity contribution in [3.8, 4) is 11.4 Å². The fourth-order valence-electron chi connectivity index (χ4n) is 5.91. The zero-order valence-electron chi connectivity index (χ0n) is 25.9. The van der Waals surface area contributed by atoms with Crippen LogP contribution in [0.3, 0.4) is 0 Å². The molecule has 2 aromatic carbocycles. The molecule has 5 rings (SSSR count). The molecule has 3 aromatic rings. The maximum Gasteiger partial charge on any atom is 0.237 e. The van der Waals surface area contributed by atoms with Gasteiger partial charge in [0.25, 0.3) is 0 Å². The summed E-state index contributed by atoms with van der Waals surface area (Å²) < 4.78 is 1.69. The molecule has 1 aromatic heterocycles. The first-order valence-electron chi connectivity index (χ1n) is 15.3. The van der Waals surface area contributed by atoms with Crippen molar-refractivity contribution in [3.05, 3.63) is 78.1 Å². The van der Waals surface area contributed by atoms with Gasteiger partial charge in [0.1, 0.15) is 6.33 Å². The highest BCUT2D eigenvalue weighted by Crippen LogP contribution is 2.28. The van der Waals surface area contributed by atoms with Gasteiger partial charge in [0.2, 0.25) is 11.8 Å². The number of nitrogens with two attached hydrogens (primary N) is 1. The van der Waals surface area contributed by atoms with Gasteiger partial charge in [-0.3, -0.25) is 24.6 Å². The van der Waals surface area contributed by atoms with Gasteiger partial charge < -0.3 is 15.5 Å². The predicted octanol–water partition coefficient (Wildman–Crippen LogP) is 4.39. The van der Waals surface area contributed by atoms with Crippen molar-refractivity contribution in [1.29, 1.82) is 5.41 Å². The highest BCUT2D eigenvalue weighted by molar-refractivity contribution is 6.14. The standard InChI is InChI=1S/C34H42N8O2/c1-5-23(3)32(36)29-19-28(11-12-30(29)35)42(6-2)34(44)27-13-16-40(20-27)21-31(43)41-17-14-25(15-18-41)24-7-9-26(10-8-24)33-37-22-39(4)38-33/h7-12,14,19,22,27,36H,3,5-6,13,15-18,20-21,35H2,1-2,4H3. The second-order valence-electron chi connectivity index (χ2n) is 11.5. The number of nitrogens with zero attached hydrogens (tertiary/aromatic N) is 6. The Hall–Kier alpha value is -4.57. The summed E-state index contributed by atoms with van der Waals surface area (Å²) in [4.78, 5) is 36.9. The van der Waals surface area contributed by atoms with Crippen LogP contribution in [0.5, 0.6) is 0 Å². The largest absolute Gasteiger partial charge is 0.398 e. The molecular weight excluding hydrogens is 552 g/mol. The van der Waals surface area contributed by atoms with Crippen molar-refractivity contribution in [1.82, 2.24) is 24.6 Å². The Bertz CT molecular complexity index is 1590. The summed E-state index contributed by atoms with van der Waals surface area (Å²) >= 11 is 0. The number of carbonyl (C=O) groups excluding carboxylic acids is 2. The molecule has 0 radical (unpaired) electrons. The van der Waals surface area contributed by atoms with Gasteiger partial charge in [-0.2, -0.15) is 5.10 Å². The molecule has 0 spiro atoms. The first-order chi connectivity index (χ1) is 21.2. The van der Waals surface area contributed by atoms with E-state index in [0.29, 0.717) is 80.5 Å². The van der Waals surface area contributed by atoms with Crippen molar-refractivity contribution in [2.24, 2.45) is 13.0 Å². The lowest BCUT2D eigenvalue weighted by atomic mass is 9.98. The highest BCUT2D eigenvalue weighted by atomic mass is 16.2. The number of rotatable bonds is 10. The van der Waals surface area contributed by atoms with E-state index in [4.69, 9.17) is 11.1 Å². The molecule has 2 amide bonds. The van der Waals surface area contributed by atoms with Gasteiger partial charge in [-0.05, 0) is 67.6 Å². The molecule has 0 aliphatic carbocycles. The van der Waals surface area contributed by atoms with Crippen molar-refractivity contribution < 1.29 is 9.59 Å². The van der Waals surface area contributed by atoms with E-state index >= 15 is 0 Å². The molecule has 1 fully saturated rings. The summed E-state index contributed by atoms with van der Waals surface area (Å²) in [5, 5.41) is 12.8. The molecule has 44 heavy (non-hydrogen) atoms. The van der Waals surface area contributed by atoms with Crippen LogP contribution >= 0.6 is 0 Å². The number of anilines is 2. The van der Waals surface area contributed by atoms with Crippen LogP contribution in [0, 0.1) is 11.3 Å². The zero-order valence-corrected chi connectivity index (χ0v) is 25.9. The lowest BCUT2D eigenvalue weighted by Gasteiger charge is -2.29. The van der Waals surface area contributed by atoms with E-state index < -0.39 is 0 Å². The normalized spacial score (nSPS) is 16.9. The van der Waals surface area contributed by atoms with Crippen LogP contribution in [-0.2, 0) is 16.6 Å². The molecule has 1 atom stereocenters. The third-order valence-electron chi connectivity index (χ3n) is 8.64. The van der Waals surface area contributed by atoms with Crippen LogP contribution in [0.4, 0.5) is 11.4 Å². The first kappa shape index (κ1) is 30.9. The van der Waals surface area contributed by atoms with Crippen LogP contribution in [0.1, 0.15) is 44.2 Å². The minimum atomic E-state index is -0.189. The summed E-state index contributed by atoms with van der Waals surface area (Å²) in [6, 6.07) is 13.7. The lowest BCUT2D eigenvalue weighted by molar-refractivity contribution is -0.132. The Morgan fingerprint density at radius 2 is 1.86 bits per heavy atom. The molecule has 2 aliphatic rings. The molecule has 10 nitrogen and oxygen atoms in total. The fourth-order valence-corrected chi connectivity index (χ4v) is 5.91. The number of aromatic nitrogens is 3. The van der Waals surface area contributed by atoms with Crippen LogP contribution in [0.25, 0.3) is 17.0 Å². The van der Waals surface area contributed by atoms with Crippen molar-refractivity contribution >= 4 is 34.5 Å². The van der Waals surface area contributed by atoms with E-state index in [1.54, 1.807) is 22.0 Å². The number of carbonyl (C=O) groups is 2. The monoisotopic (exact) mass is 594 g/mol. The summed E-state index contributed by atoms with van der Waals surface area (Å²) in [5.74, 6) is 0.645. The molecule has 0 bridgehead atoms. The second kappa shape index (κ2) is 13.4. The molecule has 0 saturated carbocycles. The summed E-state index contributed by atoms with van der Waals surface area (Å²) in [5.41, 5.74) is 12.4. The van der Waals surface area contributed by atoms with Crippen molar-refractivity contribution in [3.63, 3.8) is 0 Å². The van der Waals surface area contributed by atoms with E-state index in [0.717, 1.165) is 23.2 Å². The number of nitrogens with one attached hydrogen (secondary N) is 1. The van der Waals surface area contributed by atoms with Crippen LogP contribution < -0.4 is 10.6 Å². The number of nitrogen functional groups attached to an aromatic ring is 1. The average Bonchev–Trinajstić information content (AvgIpc) is 3.70. The molecule has 3 heterocycles. The minimum Gasteiger partial charge on any atom is -0.398 e. The van der Waals surface area contributed by atoms with E-state index in [-0.39, 0.29) is 17.7 Å². The number of allylic oxidation sites excluding steroid dienone is 1. The smallest absolute Gasteiger partial charge is 0.237 e. The predicted molar refractivity (Wildman–Crippen MR) is 175 cm³/mol. The third kappa shape index (κ3) is 6.65. The van der Waals surface area contributed by atoms with Gasteiger partial charge in [0.15, 0.2) is 5.82 Å². The third-order valence-corrected chi connectivity index (χ3v) is 8.64. The minimum absolute atomic E-state index is 0.0365. The summed E-state index contributed by atoms with van der Waals surface area (Å²) in [7, 11) is 1.85. The molecule has 10 heteroatoms. The number of hydrogen-bond acceptors (Lipinski definition) is 7. The van der Waals surface area contributed by atoms with Gasteiger partial charge in [-0.1, -0.05) is 43.8 Å².